The van der Waals surface area contributed by atoms with Crippen LogP contribution in [0.5, 0.6) is 5.88 Å². The summed E-state index contributed by atoms with van der Waals surface area (Å²) >= 11 is 0. The molecule has 1 aliphatic rings. The fourth-order valence-corrected chi connectivity index (χ4v) is 4.89. The third-order valence-corrected chi connectivity index (χ3v) is 6.24. The standard InChI is InChI=1S/C16H21N3O3S.ClH/c1-12-11-17-8-4-10-19(12)23(20,21)15-6-3-5-14-13(15)7-9-18-16(14)22-2;/h3,5-7,9,12,17H,4,8,10-11H2,1-2H3;1H/t12-;/m1./s1. The molecule has 1 atom stereocenters. The van der Waals surface area contributed by atoms with Crippen molar-refractivity contribution in [3.63, 3.8) is 0 Å². The van der Waals surface area contributed by atoms with Crippen LogP contribution in [0.4, 0.5) is 0 Å². The van der Waals surface area contributed by atoms with Gasteiger partial charge in [0.25, 0.3) is 0 Å². The Morgan fingerprint density at radius 3 is 2.83 bits per heavy atom. The molecule has 132 valence electrons. The summed E-state index contributed by atoms with van der Waals surface area (Å²) in [5, 5.41) is 4.62. The van der Waals surface area contributed by atoms with Crippen LogP contribution in [0, 0.1) is 0 Å². The average Bonchev–Trinajstić information content (AvgIpc) is 2.78. The number of halogens is 1. The molecule has 0 radical (unpaired) electrons. The summed E-state index contributed by atoms with van der Waals surface area (Å²) in [6, 6.07) is 6.86. The molecule has 1 aromatic heterocycles. The molecule has 2 aromatic rings. The predicted octanol–water partition coefficient (Wildman–Crippen LogP) is 2.04. The van der Waals surface area contributed by atoms with Crippen molar-refractivity contribution in [1.82, 2.24) is 14.6 Å². The summed E-state index contributed by atoms with van der Waals surface area (Å²) in [6.45, 7) is 3.96. The average molecular weight is 372 g/mol. The number of rotatable bonds is 3. The van der Waals surface area contributed by atoms with Crippen molar-refractivity contribution in [2.75, 3.05) is 26.7 Å². The smallest absolute Gasteiger partial charge is 0.243 e. The Labute approximate surface area is 148 Å². The van der Waals surface area contributed by atoms with E-state index in [0.717, 1.165) is 13.0 Å². The second-order valence-electron chi connectivity index (χ2n) is 5.69. The van der Waals surface area contributed by atoms with Crippen molar-refractivity contribution in [2.45, 2.75) is 24.3 Å². The Balaban J connectivity index is 0.00000208. The molecule has 0 amide bonds. The first-order chi connectivity index (χ1) is 11.1. The lowest BCUT2D eigenvalue weighted by atomic mass is 10.2. The van der Waals surface area contributed by atoms with Crippen LogP contribution >= 0.6 is 12.4 Å². The van der Waals surface area contributed by atoms with Crippen molar-refractivity contribution in [3.05, 3.63) is 30.5 Å². The number of nitrogens with zero attached hydrogens (tertiary/aromatic N) is 2. The van der Waals surface area contributed by atoms with Crippen LogP contribution in [-0.4, -0.2) is 50.5 Å². The number of hydrogen-bond donors (Lipinski definition) is 1. The van der Waals surface area contributed by atoms with E-state index in [0.29, 0.717) is 34.6 Å². The van der Waals surface area contributed by atoms with Gasteiger partial charge >= 0.3 is 0 Å². The van der Waals surface area contributed by atoms with Gasteiger partial charge in [-0.2, -0.15) is 4.31 Å². The predicted molar refractivity (Wildman–Crippen MR) is 96.4 cm³/mol. The first-order valence-corrected chi connectivity index (χ1v) is 9.14. The minimum Gasteiger partial charge on any atom is -0.481 e. The number of benzene rings is 1. The molecule has 2 heterocycles. The van der Waals surface area contributed by atoms with E-state index in [-0.39, 0.29) is 18.4 Å². The summed E-state index contributed by atoms with van der Waals surface area (Å²) < 4.78 is 33.2. The molecule has 1 N–H and O–H groups in total. The van der Waals surface area contributed by atoms with Crippen LogP contribution in [0.15, 0.2) is 35.4 Å². The van der Waals surface area contributed by atoms with Gasteiger partial charge < -0.3 is 10.1 Å². The molecule has 3 rings (SSSR count). The SMILES string of the molecule is COc1nccc2c(S(=O)(=O)N3CCCNC[C@H]3C)cccc12.Cl. The van der Waals surface area contributed by atoms with Crippen LogP contribution in [-0.2, 0) is 10.0 Å². The van der Waals surface area contributed by atoms with Gasteiger partial charge in [-0.1, -0.05) is 6.07 Å². The lowest BCUT2D eigenvalue weighted by molar-refractivity contribution is 0.354. The zero-order valence-electron chi connectivity index (χ0n) is 13.7. The van der Waals surface area contributed by atoms with E-state index in [9.17, 15) is 8.42 Å². The number of nitrogens with one attached hydrogen (secondary N) is 1. The van der Waals surface area contributed by atoms with Gasteiger partial charge in [-0.3, -0.25) is 0 Å². The van der Waals surface area contributed by atoms with Crippen LogP contribution in [0.1, 0.15) is 13.3 Å². The Morgan fingerprint density at radius 1 is 1.29 bits per heavy atom. The number of ether oxygens (including phenoxy) is 1. The Morgan fingerprint density at radius 2 is 2.08 bits per heavy atom. The molecule has 0 bridgehead atoms. The van der Waals surface area contributed by atoms with E-state index in [1.165, 1.54) is 7.11 Å². The van der Waals surface area contributed by atoms with Crippen molar-refractivity contribution in [1.29, 1.82) is 0 Å². The Bertz CT molecular complexity index is 813. The molecule has 6 nitrogen and oxygen atoms in total. The maximum atomic E-state index is 13.2. The zero-order valence-corrected chi connectivity index (χ0v) is 15.4. The van der Waals surface area contributed by atoms with Gasteiger partial charge in [0.2, 0.25) is 15.9 Å². The highest BCUT2D eigenvalue weighted by atomic mass is 35.5. The molecule has 24 heavy (non-hydrogen) atoms. The van der Waals surface area contributed by atoms with Crippen LogP contribution in [0.3, 0.4) is 0 Å². The van der Waals surface area contributed by atoms with Crippen molar-refractivity contribution in [3.8, 4) is 5.88 Å². The van der Waals surface area contributed by atoms with Gasteiger partial charge in [0.1, 0.15) is 0 Å². The largest absolute Gasteiger partial charge is 0.481 e. The summed E-state index contributed by atoms with van der Waals surface area (Å²) in [5.74, 6) is 0.435. The molecule has 1 aliphatic heterocycles. The highest BCUT2D eigenvalue weighted by Crippen LogP contribution is 2.30. The first-order valence-electron chi connectivity index (χ1n) is 7.70. The van der Waals surface area contributed by atoms with Gasteiger partial charge in [0.15, 0.2) is 0 Å². The van der Waals surface area contributed by atoms with E-state index in [4.69, 9.17) is 4.74 Å². The molecule has 0 unspecified atom stereocenters. The zero-order chi connectivity index (χ0) is 16.4. The number of hydrogen-bond acceptors (Lipinski definition) is 5. The summed E-state index contributed by atoms with van der Waals surface area (Å²) in [7, 11) is -2.04. The van der Waals surface area contributed by atoms with E-state index in [1.807, 2.05) is 13.0 Å². The number of sulfonamides is 1. The second-order valence-corrected chi connectivity index (χ2v) is 7.55. The maximum Gasteiger partial charge on any atom is 0.243 e. The van der Waals surface area contributed by atoms with Crippen LogP contribution < -0.4 is 10.1 Å². The van der Waals surface area contributed by atoms with Crippen molar-refractivity contribution in [2.24, 2.45) is 0 Å². The van der Waals surface area contributed by atoms with E-state index in [2.05, 4.69) is 10.3 Å². The molecule has 0 saturated carbocycles. The molecule has 1 saturated heterocycles. The summed E-state index contributed by atoms with van der Waals surface area (Å²) in [4.78, 5) is 4.46. The van der Waals surface area contributed by atoms with Gasteiger partial charge in [0, 0.05) is 36.1 Å². The van der Waals surface area contributed by atoms with Crippen molar-refractivity contribution >= 4 is 33.2 Å². The van der Waals surface area contributed by atoms with Gasteiger partial charge in [-0.25, -0.2) is 13.4 Å². The molecular weight excluding hydrogens is 350 g/mol. The quantitative estimate of drug-likeness (QED) is 0.893. The molecule has 0 aliphatic carbocycles. The third-order valence-electron chi connectivity index (χ3n) is 4.17. The minimum atomic E-state index is -3.58. The fourth-order valence-electron chi connectivity index (χ4n) is 3.02. The minimum absolute atomic E-state index is 0. The van der Waals surface area contributed by atoms with Gasteiger partial charge in [0.05, 0.1) is 12.0 Å². The monoisotopic (exact) mass is 371 g/mol. The molecule has 0 spiro atoms. The van der Waals surface area contributed by atoms with Gasteiger partial charge in [-0.05, 0) is 38.1 Å². The van der Waals surface area contributed by atoms with Crippen molar-refractivity contribution < 1.29 is 13.2 Å². The second kappa shape index (κ2) is 7.65. The van der Waals surface area contributed by atoms with E-state index in [1.54, 1.807) is 28.7 Å². The highest BCUT2D eigenvalue weighted by molar-refractivity contribution is 7.89. The molecular formula is C16H22ClN3O3S. The Hall–Kier alpha value is -1.41. The highest BCUT2D eigenvalue weighted by Gasteiger charge is 2.31. The van der Waals surface area contributed by atoms with Crippen LogP contribution in [0.2, 0.25) is 0 Å². The normalized spacial score (nSPS) is 19.5. The number of pyridine rings is 1. The molecule has 1 aromatic carbocycles. The maximum absolute atomic E-state index is 13.2. The lowest BCUT2D eigenvalue weighted by Crippen LogP contribution is -2.41. The summed E-state index contributed by atoms with van der Waals surface area (Å²) in [5.41, 5.74) is 0. The molecule has 1 fully saturated rings. The summed E-state index contributed by atoms with van der Waals surface area (Å²) in [6.07, 6.45) is 2.38. The Kier molecular flexibility index (Phi) is 6.03. The number of methoxy groups -OCH3 is 1. The molecule has 8 heteroatoms. The number of aromatic nitrogens is 1. The van der Waals surface area contributed by atoms with Gasteiger partial charge in [-0.15, -0.1) is 12.4 Å². The van der Waals surface area contributed by atoms with Crippen LogP contribution in [0.25, 0.3) is 10.8 Å². The third kappa shape index (κ3) is 3.35. The topological polar surface area (TPSA) is 71.5 Å². The number of fused-ring (bicyclic) bond motifs is 1. The first kappa shape index (κ1) is 18.9. The van der Waals surface area contributed by atoms with E-state index >= 15 is 0 Å². The fraction of sp³-hybridized carbons (Fsp3) is 0.438. The van der Waals surface area contributed by atoms with E-state index < -0.39 is 10.0 Å². The lowest BCUT2D eigenvalue weighted by Gasteiger charge is -2.26.